The minimum absolute atomic E-state index is 0.00819. The zero-order valence-electron chi connectivity index (χ0n) is 10.2. The summed E-state index contributed by atoms with van der Waals surface area (Å²) in [7, 11) is 0. The zero-order chi connectivity index (χ0) is 13.8. The Kier molecular flexibility index (Phi) is 4.18. The van der Waals surface area contributed by atoms with Crippen molar-refractivity contribution < 1.29 is 9.66 Å². The SMILES string of the molecule is N=C(C(=S)N1CCOCC1)c1ccc([N+](=O)[O-])cc1. The summed E-state index contributed by atoms with van der Waals surface area (Å²) in [5.41, 5.74) is 0.808. The molecule has 1 fully saturated rings. The van der Waals surface area contributed by atoms with Crippen LogP contribution in [0.2, 0.25) is 0 Å². The Balaban J connectivity index is 2.10. The highest BCUT2D eigenvalue weighted by molar-refractivity contribution is 7.82. The second-order valence-electron chi connectivity index (χ2n) is 4.08. The third kappa shape index (κ3) is 3.12. The van der Waals surface area contributed by atoms with Gasteiger partial charge in [0.05, 0.1) is 23.8 Å². The lowest BCUT2D eigenvalue weighted by molar-refractivity contribution is -0.384. The van der Waals surface area contributed by atoms with E-state index in [1.165, 1.54) is 12.1 Å². The van der Waals surface area contributed by atoms with Crippen LogP contribution in [0.4, 0.5) is 5.69 Å². The molecule has 0 aromatic heterocycles. The van der Waals surface area contributed by atoms with Crippen LogP contribution in [0, 0.1) is 15.5 Å². The van der Waals surface area contributed by atoms with Crippen LogP contribution in [-0.2, 0) is 4.74 Å². The first-order valence-electron chi connectivity index (χ1n) is 5.80. The van der Waals surface area contributed by atoms with Crippen LogP contribution in [0.25, 0.3) is 0 Å². The predicted molar refractivity (Wildman–Crippen MR) is 74.9 cm³/mol. The maximum Gasteiger partial charge on any atom is 0.269 e. The lowest BCUT2D eigenvalue weighted by atomic mass is 10.1. The fourth-order valence-electron chi connectivity index (χ4n) is 1.80. The molecule has 0 radical (unpaired) electrons. The second kappa shape index (κ2) is 5.85. The van der Waals surface area contributed by atoms with E-state index in [1.807, 2.05) is 4.90 Å². The Morgan fingerprint density at radius 3 is 2.42 bits per heavy atom. The Morgan fingerprint density at radius 2 is 1.89 bits per heavy atom. The summed E-state index contributed by atoms with van der Waals surface area (Å²) in [5.74, 6) is 0. The van der Waals surface area contributed by atoms with Crippen molar-refractivity contribution in [3.63, 3.8) is 0 Å². The largest absolute Gasteiger partial charge is 0.378 e. The molecule has 1 saturated heterocycles. The van der Waals surface area contributed by atoms with Crippen molar-refractivity contribution in [2.45, 2.75) is 0 Å². The van der Waals surface area contributed by atoms with E-state index in [0.717, 1.165) is 0 Å². The Bertz CT molecular complexity index is 509. The first-order chi connectivity index (χ1) is 9.09. The molecule has 1 aromatic rings. The van der Waals surface area contributed by atoms with Crippen LogP contribution in [0.5, 0.6) is 0 Å². The topological polar surface area (TPSA) is 79.5 Å². The molecule has 1 heterocycles. The molecule has 1 aromatic carbocycles. The van der Waals surface area contributed by atoms with Gasteiger partial charge in [0.25, 0.3) is 5.69 Å². The molecule has 0 atom stereocenters. The van der Waals surface area contributed by atoms with Crippen molar-refractivity contribution in [1.82, 2.24) is 4.90 Å². The molecule has 0 bridgehead atoms. The highest BCUT2D eigenvalue weighted by Gasteiger charge is 2.18. The van der Waals surface area contributed by atoms with Gasteiger partial charge in [-0.05, 0) is 12.1 Å². The van der Waals surface area contributed by atoms with Gasteiger partial charge in [-0.15, -0.1) is 0 Å². The standard InChI is InChI=1S/C12H13N3O3S/c13-11(12(19)14-5-7-18-8-6-14)9-1-3-10(4-2-9)15(16)17/h1-4,13H,5-8H2. The zero-order valence-corrected chi connectivity index (χ0v) is 11.0. The van der Waals surface area contributed by atoms with E-state index in [4.69, 9.17) is 22.4 Å². The van der Waals surface area contributed by atoms with E-state index >= 15 is 0 Å². The monoisotopic (exact) mass is 279 g/mol. The molecule has 100 valence electrons. The van der Waals surface area contributed by atoms with E-state index < -0.39 is 4.92 Å². The first kappa shape index (κ1) is 13.6. The van der Waals surface area contributed by atoms with Crippen LogP contribution in [0.3, 0.4) is 0 Å². The van der Waals surface area contributed by atoms with Gasteiger partial charge < -0.3 is 9.64 Å². The molecule has 1 aliphatic rings. The number of thiocarbonyl (C=S) groups is 1. The van der Waals surface area contributed by atoms with Crippen molar-refractivity contribution in [3.8, 4) is 0 Å². The summed E-state index contributed by atoms with van der Waals surface area (Å²) < 4.78 is 5.23. The minimum atomic E-state index is -0.465. The second-order valence-corrected chi connectivity index (χ2v) is 4.47. The molecule has 1 N–H and O–H groups in total. The number of morpholine rings is 1. The third-order valence-electron chi connectivity index (χ3n) is 2.88. The molecule has 2 rings (SSSR count). The number of rotatable bonds is 3. The van der Waals surface area contributed by atoms with Gasteiger partial charge in [0.1, 0.15) is 4.99 Å². The highest BCUT2D eigenvalue weighted by atomic mass is 32.1. The van der Waals surface area contributed by atoms with Crippen molar-refractivity contribution >= 4 is 28.6 Å². The molecule has 0 aliphatic carbocycles. The lowest BCUT2D eigenvalue weighted by Crippen LogP contribution is -2.43. The van der Waals surface area contributed by atoms with Crippen molar-refractivity contribution in [1.29, 1.82) is 5.41 Å². The van der Waals surface area contributed by atoms with E-state index in [1.54, 1.807) is 12.1 Å². The minimum Gasteiger partial charge on any atom is -0.378 e. The lowest BCUT2D eigenvalue weighted by Gasteiger charge is -2.29. The van der Waals surface area contributed by atoms with E-state index in [0.29, 0.717) is 36.9 Å². The van der Waals surface area contributed by atoms with Gasteiger partial charge in [0.2, 0.25) is 0 Å². The summed E-state index contributed by atoms with van der Waals surface area (Å²) >= 11 is 5.28. The van der Waals surface area contributed by atoms with E-state index in [-0.39, 0.29) is 11.4 Å². The average molecular weight is 279 g/mol. The van der Waals surface area contributed by atoms with Crippen LogP contribution in [0.15, 0.2) is 24.3 Å². The number of nitro groups is 1. The summed E-state index contributed by atoms with van der Waals surface area (Å²) in [5, 5.41) is 18.6. The molecule has 6 nitrogen and oxygen atoms in total. The van der Waals surface area contributed by atoms with Gasteiger partial charge in [-0.25, -0.2) is 0 Å². The number of nitrogens with zero attached hydrogens (tertiary/aromatic N) is 2. The molecule has 1 aliphatic heterocycles. The normalized spacial score (nSPS) is 15.1. The summed E-state index contributed by atoms with van der Waals surface area (Å²) in [4.78, 5) is 12.5. The average Bonchev–Trinajstić information content (AvgIpc) is 2.46. The Labute approximate surface area is 115 Å². The van der Waals surface area contributed by atoms with Crippen molar-refractivity contribution in [2.75, 3.05) is 26.3 Å². The van der Waals surface area contributed by atoms with Crippen molar-refractivity contribution in [3.05, 3.63) is 39.9 Å². The maximum atomic E-state index is 10.6. The summed E-state index contributed by atoms with van der Waals surface area (Å²) in [6, 6.07) is 5.86. The quantitative estimate of drug-likeness (QED) is 0.393. The maximum absolute atomic E-state index is 10.6. The smallest absolute Gasteiger partial charge is 0.269 e. The molecule has 0 spiro atoms. The number of hydrogen-bond donors (Lipinski definition) is 1. The van der Waals surface area contributed by atoms with Crippen LogP contribution < -0.4 is 0 Å². The summed E-state index contributed by atoms with van der Waals surface area (Å²) in [6.07, 6.45) is 0. The van der Waals surface area contributed by atoms with Gasteiger partial charge in [-0.3, -0.25) is 15.5 Å². The number of hydrogen-bond acceptors (Lipinski definition) is 5. The van der Waals surface area contributed by atoms with Crippen LogP contribution >= 0.6 is 12.2 Å². The fourth-order valence-corrected chi connectivity index (χ4v) is 2.10. The predicted octanol–water partition coefficient (Wildman–Crippen LogP) is 1.62. The number of benzene rings is 1. The van der Waals surface area contributed by atoms with Gasteiger partial charge in [-0.1, -0.05) is 12.2 Å². The number of nitrogens with one attached hydrogen (secondary N) is 1. The third-order valence-corrected chi connectivity index (χ3v) is 3.34. The van der Waals surface area contributed by atoms with Gasteiger partial charge >= 0.3 is 0 Å². The highest BCUT2D eigenvalue weighted by Crippen LogP contribution is 2.14. The number of ether oxygens (including phenoxy) is 1. The van der Waals surface area contributed by atoms with E-state index in [2.05, 4.69) is 0 Å². The van der Waals surface area contributed by atoms with Crippen molar-refractivity contribution in [2.24, 2.45) is 0 Å². The summed E-state index contributed by atoms with van der Waals surface area (Å²) in [6.45, 7) is 2.56. The molecule has 7 heteroatoms. The Hall–Kier alpha value is -1.86. The molecular formula is C12H13N3O3S. The van der Waals surface area contributed by atoms with Gasteiger partial charge in [0.15, 0.2) is 0 Å². The number of nitro benzene ring substituents is 1. The molecule has 0 saturated carbocycles. The molecule has 0 amide bonds. The van der Waals surface area contributed by atoms with Crippen LogP contribution in [0.1, 0.15) is 5.56 Å². The van der Waals surface area contributed by atoms with Gasteiger partial charge in [-0.2, -0.15) is 0 Å². The fraction of sp³-hybridized carbons (Fsp3) is 0.333. The van der Waals surface area contributed by atoms with E-state index in [9.17, 15) is 10.1 Å². The van der Waals surface area contributed by atoms with Gasteiger partial charge in [0, 0.05) is 30.8 Å². The number of non-ortho nitro benzene ring substituents is 1. The van der Waals surface area contributed by atoms with Crippen LogP contribution in [-0.4, -0.2) is 46.8 Å². The molecular weight excluding hydrogens is 266 g/mol. The molecule has 0 unspecified atom stereocenters. The first-order valence-corrected chi connectivity index (χ1v) is 6.21. The Morgan fingerprint density at radius 1 is 1.32 bits per heavy atom. The molecule has 19 heavy (non-hydrogen) atoms.